The molecule has 0 fully saturated rings. The number of nitrogens with one attached hydrogen (secondary N) is 1. The Morgan fingerprint density at radius 2 is 1.71 bits per heavy atom. The van der Waals surface area contributed by atoms with Crippen LogP contribution in [0.3, 0.4) is 0 Å². The molecule has 0 atom stereocenters. The van der Waals surface area contributed by atoms with E-state index in [0.29, 0.717) is 0 Å². The van der Waals surface area contributed by atoms with Crippen LogP contribution in [-0.2, 0) is 0 Å². The highest BCUT2D eigenvalue weighted by atomic mass is 15.3. The van der Waals surface area contributed by atoms with E-state index in [0.717, 1.165) is 34.4 Å². The first kappa shape index (κ1) is 12.0. The molecule has 0 saturated heterocycles. The van der Waals surface area contributed by atoms with Crippen molar-refractivity contribution in [2.45, 2.75) is 13.3 Å². The molecule has 0 bridgehead atoms. The minimum absolute atomic E-state index is 0.744. The van der Waals surface area contributed by atoms with Gasteiger partial charge in [0.1, 0.15) is 11.0 Å². The summed E-state index contributed by atoms with van der Waals surface area (Å²) in [5, 5.41) is 19.5. The Hall–Kier alpha value is -2.82. The lowest BCUT2D eigenvalue weighted by molar-refractivity contribution is 0.959. The Balaban J connectivity index is 1.64. The van der Waals surface area contributed by atoms with Gasteiger partial charge in [-0.25, -0.2) is 0 Å². The van der Waals surface area contributed by atoms with E-state index >= 15 is 0 Å². The highest BCUT2D eigenvalue weighted by Crippen LogP contribution is 2.20. The number of aromatic amines is 1. The van der Waals surface area contributed by atoms with Gasteiger partial charge in [-0.1, -0.05) is 30.3 Å². The van der Waals surface area contributed by atoms with Crippen LogP contribution in [-0.4, -0.2) is 26.8 Å². The summed E-state index contributed by atoms with van der Waals surface area (Å²) in [5.74, 6) is 0. The van der Waals surface area contributed by atoms with Crippen LogP contribution in [0.25, 0.3) is 11.0 Å². The summed E-state index contributed by atoms with van der Waals surface area (Å²) in [5.41, 5.74) is 7.13. The van der Waals surface area contributed by atoms with Gasteiger partial charge in [0.15, 0.2) is 0 Å². The van der Waals surface area contributed by atoms with Crippen LogP contribution in [0.2, 0.25) is 0 Å². The van der Waals surface area contributed by atoms with Crippen LogP contribution in [0.5, 0.6) is 0 Å². The van der Waals surface area contributed by atoms with E-state index in [-0.39, 0.29) is 0 Å². The molecule has 1 N–H and O–H groups in total. The zero-order chi connectivity index (χ0) is 14.2. The summed E-state index contributed by atoms with van der Waals surface area (Å²) in [4.78, 5) is 0. The van der Waals surface area contributed by atoms with Crippen molar-refractivity contribution in [1.29, 1.82) is 0 Å². The molecular formula is C16H13N5. The highest BCUT2D eigenvalue weighted by molar-refractivity contribution is 6.21. The summed E-state index contributed by atoms with van der Waals surface area (Å²) >= 11 is 0. The molecule has 0 amide bonds. The van der Waals surface area contributed by atoms with E-state index in [1.807, 2.05) is 30.3 Å². The largest absolute Gasteiger partial charge is 0.197 e. The zero-order valence-corrected chi connectivity index (χ0v) is 11.5. The second-order valence-corrected chi connectivity index (χ2v) is 5.11. The topological polar surface area (TPSA) is 66.3 Å². The van der Waals surface area contributed by atoms with E-state index in [2.05, 4.69) is 44.7 Å². The molecule has 3 aromatic rings. The van der Waals surface area contributed by atoms with Crippen LogP contribution >= 0.6 is 0 Å². The minimum Gasteiger partial charge on any atom is -0.197 e. The Morgan fingerprint density at radius 3 is 2.62 bits per heavy atom. The number of hydrogen-bond donors (Lipinski definition) is 1. The second-order valence-electron chi connectivity index (χ2n) is 5.11. The Morgan fingerprint density at radius 1 is 0.905 bits per heavy atom. The average molecular weight is 275 g/mol. The lowest BCUT2D eigenvalue weighted by Crippen LogP contribution is -2.06. The third kappa shape index (κ3) is 2.03. The third-order valence-corrected chi connectivity index (χ3v) is 3.73. The predicted molar refractivity (Wildman–Crippen MR) is 82.8 cm³/mol. The normalized spacial score (nSPS) is 14.3. The van der Waals surface area contributed by atoms with Crippen molar-refractivity contribution >= 4 is 22.5 Å². The molecule has 2 aromatic carbocycles. The maximum Gasteiger partial charge on any atom is 0.113 e. The SMILES string of the molecule is Cc1ccccc1C1=NN=C(c2ccc3n[nH]nc3c2)C1. The van der Waals surface area contributed by atoms with Gasteiger partial charge >= 0.3 is 0 Å². The van der Waals surface area contributed by atoms with Gasteiger partial charge in [0.05, 0.1) is 11.4 Å². The molecule has 0 radical (unpaired) electrons. The van der Waals surface area contributed by atoms with Crippen molar-refractivity contribution in [3.8, 4) is 0 Å². The molecular weight excluding hydrogens is 262 g/mol. The molecule has 0 saturated carbocycles. The van der Waals surface area contributed by atoms with Crippen molar-refractivity contribution in [3.05, 3.63) is 59.2 Å². The predicted octanol–water partition coefficient (Wildman–Crippen LogP) is 2.86. The number of H-pyrrole nitrogens is 1. The molecule has 21 heavy (non-hydrogen) atoms. The van der Waals surface area contributed by atoms with Gasteiger partial charge in [-0.05, 0) is 24.6 Å². The van der Waals surface area contributed by atoms with Crippen molar-refractivity contribution in [3.63, 3.8) is 0 Å². The van der Waals surface area contributed by atoms with Gasteiger partial charge < -0.3 is 0 Å². The molecule has 5 heteroatoms. The van der Waals surface area contributed by atoms with Crippen LogP contribution in [0, 0.1) is 6.92 Å². The molecule has 0 aliphatic carbocycles. The fraction of sp³-hybridized carbons (Fsp3) is 0.125. The molecule has 5 nitrogen and oxygen atoms in total. The third-order valence-electron chi connectivity index (χ3n) is 3.73. The van der Waals surface area contributed by atoms with Crippen molar-refractivity contribution < 1.29 is 0 Å². The quantitative estimate of drug-likeness (QED) is 0.781. The summed E-state index contributed by atoms with van der Waals surface area (Å²) in [6, 6.07) is 14.2. The van der Waals surface area contributed by atoms with Gasteiger partial charge in [0.25, 0.3) is 0 Å². The number of fused-ring (bicyclic) bond motifs is 1. The number of benzene rings is 2. The molecule has 102 valence electrons. The van der Waals surface area contributed by atoms with Gasteiger partial charge in [-0.3, -0.25) is 0 Å². The second kappa shape index (κ2) is 4.63. The fourth-order valence-corrected chi connectivity index (χ4v) is 2.58. The lowest BCUT2D eigenvalue weighted by atomic mass is 9.98. The first-order valence-electron chi connectivity index (χ1n) is 6.81. The van der Waals surface area contributed by atoms with Crippen LogP contribution in [0.15, 0.2) is 52.7 Å². The summed E-state index contributed by atoms with van der Waals surface area (Å²) < 4.78 is 0. The van der Waals surface area contributed by atoms with Gasteiger partial charge in [0.2, 0.25) is 0 Å². The van der Waals surface area contributed by atoms with E-state index in [1.165, 1.54) is 11.1 Å². The molecule has 4 rings (SSSR count). The molecule has 0 spiro atoms. The molecule has 1 aliphatic heterocycles. The van der Waals surface area contributed by atoms with E-state index in [9.17, 15) is 0 Å². The first-order chi connectivity index (χ1) is 10.3. The number of hydrogen-bond acceptors (Lipinski definition) is 4. The molecule has 0 unspecified atom stereocenters. The monoisotopic (exact) mass is 275 g/mol. The first-order valence-corrected chi connectivity index (χ1v) is 6.81. The van der Waals surface area contributed by atoms with Crippen LogP contribution in [0.1, 0.15) is 23.1 Å². The maximum atomic E-state index is 4.35. The number of aromatic nitrogens is 3. The van der Waals surface area contributed by atoms with Gasteiger partial charge in [0, 0.05) is 17.5 Å². The number of aryl methyl sites for hydroxylation is 1. The molecule has 1 aromatic heterocycles. The highest BCUT2D eigenvalue weighted by Gasteiger charge is 2.17. The van der Waals surface area contributed by atoms with Crippen molar-refractivity contribution in [2.75, 3.05) is 0 Å². The zero-order valence-electron chi connectivity index (χ0n) is 11.5. The minimum atomic E-state index is 0.744. The lowest BCUT2D eigenvalue weighted by Gasteiger charge is -2.05. The van der Waals surface area contributed by atoms with Gasteiger partial charge in [-0.15, -0.1) is 0 Å². The summed E-state index contributed by atoms with van der Waals surface area (Å²) in [6.45, 7) is 2.09. The standard InChI is InChI=1S/C16H13N5/c1-10-4-2-3-5-12(10)15-9-14(17-18-15)11-6-7-13-16(8-11)20-21-19-13/h2-8H,9H2,1H3,(H,19,20,21). The smallest absolute Gasteiger partial charge is 0.113 e. The Bertz CT molecular complexity index is 888. The Labute approximate surface area is 121 Å². The number of rotatable bonds is 2. The van der Waals surface area contributed by atoms with E-state index < -0.39 is 0 Å². The average Bonchev–Trinajstić information content (AvgIpc) is 3.16. The van der Waals surface area contributed by atoms with E-state index in [4.69, 9.17) is 0 Å². The number of nitrogens with zero attached hydrogens (tertiary/aromatic N) is 4. The summed E-state index contributed by atoms with van der Waals surface area (Å²) in [6.07, 6.45) is 0.744. The van der Waals surface area contributed by atoms with Crippen molar-refractivity contribution in [2.24, 2.45) is 10.2 Å². The Kier molecular flexibility index (Phi) is 2.64. The van der Waals surface area contributed by atoms with E-state index in [1.54, 1.807) is 0 Å². The van der Waals surface area contributed by atoms with Gasteiger partial charge in [-0.2, -0.15) is 25.6 Å². The van der Waals surface area contributed by atoms with Crippen molar-refractivity contribution in [1.82, 2.24) is 15.4 Å². The van der Waals surface area contributed by atoms with Crippen LogP contribution in [0.4, 0.5) is 0 Å². The summed E-state index contributed by atoms with van der Waals surface area (Å²) in [7, 11) is 0. The maximum absolute atomic E-state index is 4.35. The molecule has 1 aliphatic rings. The fourth-order valence-electron chi connectivity index (χ4n) is 2.58. The van der Waals surface area contributed by atoms with Crippen LogP contribution < -0.4 is 0 Å². The molecule has 2 heterocycles.